The number of hydrogen-bond donors (Lipinski definition) is 2. The van der Waals surface area contributed by atoms with Crippen LogP contribution in [0.25, 0.3) is 0 Å². The van der Waals surface area contributed by atoms with Crippen molar-refractivity contribution in [3.8, 4) is 0 Å². The quantitative estimate of drug-likeness (QED) is 0.794. The minimum Gasteiger partial charge on any atom is -0.355 e. The Morgan fingerprint density at radius 2 is 1.72 bits per heavy atom. The second-order valence-corrected chi connectivity index (χ2v) is 7.82. The maximum absolute atomic E-state index is 12.1. The van der Waals surface area contributed by atoms with Crippen LogP contribution in [-0.2, 0) is 10.2 Å². The van der Waals surface area contributed by atoms with Crippen LogP contribution in [0, 0.1) is 0 Å². The molecule has 4 nitrogen and oxygen atoms in total. The molecule has 0 aliphatic carbocycles. The second kappa shape index (κ2) is 8.21. The fourth-order valence-corrected chi connectivity index (χ4v) is 2.98. The van der Waals surface area contributed by atoms with Crippen LogP contribution < -0.4 is 10.6 Å². The number of carbonyl (C=O) groups is 2. The number of benzene rings is 2. The molecule has 0 atom stereocenters. The first kappa shape index (κ1) is 19.1. The second-order valence-electron chi connectivity index (χ2n) is 6.77. The predicted molar refractivity (Wildman–Crippen MR) is 104 cm³/mol. The van der Waals surface area contributed by atoms with E-state index in [9.17, 15) is 9.59 Å². The van der Waals surface area contributed by atoms with Crippen LogP contribution in [0.3, 0.4) is 0 Å². The largest absolute Gasteiger partial charge is 0.355 e. The first-order valence-electron chi connectivity index (χ1n) is 8.15. The van der Waals surface area contributed by atoms with Gasteiger partial charge < -0.3 is 10.6 Å². The van der Waals surface area contributed by atoms with Crippen molar-refractivity contribution in [2.24, 2.45) is 0 Å². The van der Waals surface area contributed by atoms with Gasteiger partial charge in [-0.3, -0.25) is 9.59 Å². The van der Waals surface area contributed by atoms with E-state index in [1.54, 1.807) is 31.3 Å². The van der Waals surface area contributed by atoms with E-state index in [1.165, 1.54) is 17.3 Å². The van der Waals surface area contributed by atoms with E-state index in [4.69, 9.17) is 0 Å². The van der Waals surface area contributed by atoms with Gasteiger partial charge >= 0.3 is 0 Å². The Kier molecular flexibility index (Phi) is 6.26. The van der Waals surface area contributed by atoms with E-state index in [0.29, 0.717) is 17.0 Å². The fourth-order valence-electron chi connectivity index (χ4n) is 2.28. The maximum atomic E-state index is 12.1. The lowest BCUT2D eigenvalue weighted by molar-refractivity contribution is -0.113. The predicted octanol–water partition coefficient (Wildman–Crippen LogP) is 4.07. The molecule has 132 valence electrons. The van der Waals surface area contributed by atoms with Crippen molar-refractivity contribution in [1.82, 2.24) is 5.32 Å². The van der Waals surface area contributed by atoms with Crippen molar-refractivity contribution in [2.45, 2.75) is 31.1 Å². The molecule has 5 heteroatoms. The molecule has 0 aliphatic heterocycles. The topological polar surface area (TPSA) is 58.2 Å². The van der Waals surface area contributed by atoms with E-state index < -0.39 is 0 Å². The monoisotopic (exact) mass is 356 g/mol. The molecule has 2 N–H and O–H groups in total. The summed E-state index contributed by atoms with van der Waals surface area (Å²) in [5, 5.41) is 5.40. The molecule has 25 heavy (non-hydrogen) atoms. The van der Waals surface area contributed by atoms with E-state index in [1.807, 2.05) is 12.1 Å². The summed E-state index contributed by atoms with van der Waals surface area (Å²) in [6, 6.07) is 15.2. The molecule has 0 radical (unpaired) electrons. The summed E-state index contributed by atoms with van der Waals surface area (Å²) in [6.45, 7) is 6.53. The fraction of sp³-hybridized carbons (Fsp3) is 0.300. The molecule has 0 unspecified atom stereocenters. The molecule has 2 aromatic carbocycles. The van der Waals surface area contributed by atoms with Gasteiger partial charge in [0, 0.05) is 23.2 Å². The highest BCUT2D eigenvalue weighted by Crippen LogP contribution is 2.25. The van der Waals surface area contributed by atoms with Gasteiger partial charge in [-0.05, 0) is 41.3 Å². The van der Waals surface area contributed by atoms with Gasteiger partial charge in [0.1, 0.15) is 0 Å². The Balaban J connectivity index is 1.92. The van der Waals surface area contributed by atoms with Gasteiger partial charge in [-0.15, -0.1) is 11.8 Å². The van der Waals surface area contributed by atoms with Gasteiger partial charge in [-0.25, -0.2) is 0 Å². The highest BCUT2D eigenvalue weighted by molar-refractivity contribution is 8.00. The SMILES string of the molecule is CNC(=O)c1cccc(NC(=O)CSc2ccc(C(C)(C)C)cc2)c1. The van der Waals surface area contributed by atoms with E-state index in [0.717, 1.165) is 4.90 Å². The lowest BCUT2D eigenvalue weighted by Gasteiger charge is -2.19. The number of rotatable bonds is 5. The molecule has 0 heterocycles. The number of nitrogens with one attached hydrogen (secondary N) is 2. The van der Waals surface area contributed by atoms with Gasteiger partial charge in [0.25, 0.3) is 5.91 Å². The van der Waals surface area contributed by atoms with Crippen molar-refractivity contribution < 1.29 is 9.59 Å². The molecule has 0 aliphatic rings. The van der Waals surface area contributed by atoms with E-state index in [-0.39, 0.29) is 17.2 Å². The first-order chi connectivity index (χ1) is 11.8. The normalized spacial score (nSPS) is 11.0. The van der Waals surface area contributed by atoms with Gasteiger partial charge in [-0.2, -0.15) is 0 Å². The van der Waals surface area contributed by atoms with Gasteiger partial charge in [0.15, 0.2) is 0 Å². The molecular weight excluding hydrogens is 332 g/mol. The van der Waals surface area contributed by atoms with E-state index in [2.05, 4.69) is 43.5 Å². The van der Waals surface area contributed by atoms with Crippen LogP contribution in [0.15, 0.2) is 53.4 Å². The Hall–Kier alpha value is -2.27. The Morgan fingerprint density at radius 1 is 1.04 bits per heavy atom. The minimum atomic E-state index is -0.176. The number of anilines is 1. The van der Waals surface area contributed by atoms with Gasteiger partial charge in [0.05, 0.1) is 5.75 Å². The van der Waals surface area contributed by atoms with Crippen LogP contribution in [0.5, 0.6) is 0 Å². The third-order valence-electron chi connectivity index (χ3n) is 3.73. The summed E-state index contributed by atoms with van der Waals surface area (Å²) in [7, 11) is 1.58. The highest BCUT2D eigenvalue weighted by Gasteiger charge is 2.13. The summed E-state index contributed by atoms with van der Waals surface area (Å²) >= 11 is 1.49. The molecule has 0 aromatic heterocycles. The number of carbonyl (C=O) groups excluding carboxylic acids is 2. The average molecular weight is 356 g/mol. The van der Waals surface area contributed by atoms with Crippen molar-refractivity contribution in [1.29, 1.82) is 0 Å². The zero-order valence-corrected chi connectivity index (χ0v) is 15.9. The third-order valence-corrected chi connectivity index (χ3v) is 4.74. The Bertz CT molecular complexity index is 749. The molecule has 2 rings (SSSR count). The molecule has 2 amide bonds. The van der Waals surface area contributed by atoms with Gasteiger partial charge in [-0.1, -0.05) is 39.0 Å². The molecule has 0 bridgehead atoms. The zero-order valence-electron chi connectivity index (χ0n) is 15.1. The average Bonchev–Trinajstić information content (AvgIpc) is 2.59. The molecule has 0 saturated carbocycles. The van der Waals surface area contributed by atoms with Gasteiger partial charge in [0.2, 0.25) is 5.91 Å². The summed E-state index contributed by atoms with van der Waals surface area (Å²) < 4.78 is 0. The van der Waals surface area contributed by atoms with Crippen LogP contribution >= 0.6 is 11.8 Å². The van der Waals surface area contributed by atoms with Crippen molar-refractivity contribution in [3.63, 3.8) is 0 Å². The van der Waals surface area contributed by atoms with Crippen LogP contribution in [0.1, 0.15) is 36.7 Å². The summed E-state index contributed by atoms with van der Waals surface area (Å²) in [5.74, 6) is 0.0439. The number of thioether (sulfide) groups is 1. The van der Waals surface area contributed by atoms with Crippen LogP contribution in [-0.4, -0.2) is 24.6 Å². The summed E-state index contributed by atoms with van der Waals surface area (Å²) in [4.78, 5) is 24.8. The number of amides is 2. The first-order valence-corrected chi connectivity index (χ1v) is 9.13. The smallest absolute Gasteiger partial charge is 0.251 e. The Labute approximate surface area is 153 Å². The summed E-state index contributed by atoms with van der Waals surface area (Å²) in [5.41, 5.74) is 2.53. The van der Waals surface area contributed by atoms with Crippen molar-refractivity contribution >= 4 is 29.3 Å². The molecule has 0 saturated heterocycles. The molecular formula is C20H24N2O2S. The van der Waals surface area contributed by atoms with E-state index >= 15 is 0 Å². The third kappa shape index (κ3) is 5.64. The lowest BCUT2D eigenvalue weighted by Crippen LogP contribution is -2.19. The van der Waals surface area contributed by atoms with Crippen LogP contribution in [0.2, 0.25) is 0 Å². The zero-order chi connectivity index (χ0) is 18.4. The van der Waals surface area contributed by atoms with Crippen molar-refractivity contribution in [2.75, 3.05) is 18.1 Å². The lowest BCUT2D eigenvalue weighted by atomic mass is 9.87. The molecule has 0 spiro atoms. The van der Waals surface area contributed by atoms with Crippen LogP contribution in [0.4, 0.5) is 5.69 Å². The Morgan fingerprint density at radius 3 is 2.32 bits per heavy atom. The summed E-state index contributed by atoms with van der Waals surface area (Å²) in [6.07, 6.45) is 0. The number of hydrogen-bond acceptors (Lipinski definition) is 3. The molecule has 0 fully saturated rings. The highest BCUT2D eigenvalue weighted by atomic mass is 32.2. The van der Waals surface area contributed by atoms with Crippen molar-refractivity contribution in [3.05, 3.63) is 59.7 Å². The standard InChI is InChI=1S/C20H24N2O2S/c1-20(2,3)15-8-10-17(11-9-15)25-13-18(23)22-16-7-5-6-14(12-16)19(24)21-4/h5-12H,13H2,1-4H3,(H,21,24)(H,22,23). The minimum absolute atomic E-state index is 0.0982. The molecule has 2 aromatic rings. The maximum Gasteiger partial charge on any atom is 0.251 e.